The Labute approximate surface area is 131 Å². The highest BCUT2D eigenvalue weighted by molar-refractivity contribution is 5.92. The molecular formula is C18H24O4. The Morgan fingerprint density at radius 1 is 1.14 bits per heavy atom. The van der Waals surface area contributed by atoms with E-state index in [0.29, 0.717) is 24.2 Å². The molecule has 120 valence electrons. The third-order valence-electron chi connectivity index (χ3n) is 3.47. The molecule has 0 unspecified atom stereocenters. The van der Waals surface area contributed by atoms with Crippen LogP contribution < -0.4 is 4.74 Å². The second-order valence-electron chi connectivity index (χ2n) is 5.25. The fourth-order valence-electron chi connectivity index (χ4n) is 2.36. The molecule has 0 amide bonds. The number of aromatic carboxylic acids is 1. The minimum absolute atomic E-state index is 0.361. The van der Waals surface area contributed by atoms with Gasteiger partial charge < -0.3 is 9.84 Å². The van der Waals surface area contributed by atoms with Crippen LogP contribution in [0.25, 0.3) is 0 Å². The van der Waals surface area contributed by atoms with Gasteiger partial charge in [0.05, 0.1) is 5.56 Å². The summed E-state index contributed by atoms with van der Waals surface area (Å²) in [6.07, 6.45) is 6.16. The van der Waals surface area contributed by atoms with Crippen molar-refractivity contribution in [2.75, 3.05) is 0 Å². The van der Waals surface area contributed by atoms with Crippen molar-refractivity contribution in [3.05, 3.63) is 41.5 Å². The molecule has 0 fully saturated rings. The van der Waals surface area contributed by atoms with Crippen molar-refractivity contribution in [3.63, 3.8) is 0 Å². The maximum absolute atomic E-state index is 11.6. The van der Waals surface area contributed by atoms with Crippen LogP contribution in [-0.2, 0) is 17.6 Å². The lowest BCUT2D eigenvalue weighted by Gasteiger charge is -2.14. The first-order valence-corrected chi connectivity index (χ1v) is 7.76. The molecule has 4 heteroatoms. The molecule has 1 aromatic rings. The van der Waals surface area contributed by atoms with E-state index in [-0.39, 0.29) is 0 Å². The monoisotopic (exact) mass is 304 g/mol. The minimum atomic E-state index is -0.918. The Morgan fingerprint density at radius 2 is 1.64 bits per heavy atom. The maximum Gasteiger partial charge on any atom is 0.336 e. The van der Waals surface area contributed by atoms with Crippen molar-refractivity contribution in [1.82, 2.24) is 0 Å². The first-order chi connectivity index (χ1) is 10.5. The van der Waals surface area contributed by atoms with Gasteiger partial charge in [0.25, 0.3) is 0 Å². The average molecular weight is 304 g/mol. The van der Waals surface area contributed by atoms with E-state index in [1.807, 2.05) is 0 Å². The van der Waals surface area contributed by atoms with Crippen LogP contribution in [-0.4, -0.2) is 17.0 Å². The van der Waals surface area contributed by atoms with E-state index in [9.17, 15) is 14.7 Å². The molecule has 0 bridgehead atoms. The zero-order chi connectivity index (χ0) is 16.5. The van der Waals surface area contributed by atoms with Crippen LogP contribution in [0.1, 0.15) is 61.0 Å². The number of hydrogen-bond acceptors (Lipinski definition) is 3. The molecule has 0 saturated heterocycles. The van der Waals surface area contributed by atoms with Crippen LogP contribution in [0.2, 0.25) is 0 Å². The fraction of sp³-hybridized carbons (Fsp3) is 0.444. The number of carbonyl (C=O) groups is 2. The number of carbonyl (C=O) groups excluding carboxylic acids is 1. The Hall–Kier alpha value is -2.10. The smallest absolute Gasteiger partial charge is 0.336 e. The van der Waals surface area contributed by atoms with Crippen molar-refractivity contribution in [2.24, 2.45) is 0 Å². The summed E-state index contributed by atoms with van der Waals surface area (Å²) >= 11 is 0. The summed E-state index contributed by atoms with van der Waals surface area (Å²) in [7, 11) is 0. The Kier molecular flexibility index (Phi) is 7.37. The van der Waals surface area contributed by atoms with Gasteiger partial charge in [0, 0.05) is 6.08 Å². The molecule has 0 atom stereocenters. The summed E-state index contributed by atoms with van der Waals surface area (Å²) < 4.78 is 5.19. The van der Waals surface area contributed by atoms with Crippen LogP contribution in [0, 0.1) is 0 Å². The van der Waals surface area contributed by atoms with E-state index in [2.05, 4.69) is 20.4 Å². The number of rotatable bonds is 9. The Bertz CT molecular complexity index is 517. The van der Waals surface area contributed by atoms with Crippen molar-refractivity contribution < 1.29 is 19.4 Å². The lowest BCUT2D eigenvalue weighted by Crippen LogP contribution is -2.10. The largest absolute Gasteiger partial charge is 0.478 e. The third kappa shape index (κ3) is 5.02. The molecule has 0 heterocycles. The van der Waals surface area contributed by atoms with Gasteiger partial charge in [-0.05, 0) is 48.9 Å². The van der Waals surface area contributed by atoms with Crippen LogP contribution in [0.3, 0.4) is 0 Å². The summed E-state index contributed by atoms with van der Waals surface area (Å²) in [6, 6.07) is 3.33. The standard InChI is InChI=1S/C18H24O4/c1-4-7-9-13-11-15(22-16(19)6-3)12-14(10-8-5-2)17(13)18(20)21/h6,11-12H,3-5,7-10H2,1-2H3,(H,20,21). The van der Waals surface area contributed by atoms with Gasteiger partial charge in [-0.3, -0.25) is 0 Å². The van der Waals surface area contributed by atoms with E-state index in [1.54, 1.807) is 12.1 Å². The van der Waals surface area contributed by atoms with Crippen LogP contribution >= 0.6 is 0 Å². The second-order valence-corrected chi connectivity index (χ2v) is 5.25. The van der Waals surface area contributed by atoms with Gasteiger partial charge in [-0.25, -0.2) is 9.59 Å². The quantitative estimate of drug-likeness (QED) is 0.422. The number of hydrogen-bond donors (Lipinski definition) is 1. The summed E-state index contributed by atoms with van der Waals surface area (Å²) in [5.41, 5.74) is 1.82. The Morgan fingerprint density at radius 3 is 2.00 bits per heavy atom. The molecule has 0 saturated carbocycles. The van der Waals surface area contributed by atoms with Crippen molar-refractivity contribution in [3.8, 4) is 5.75 Å². The van der Waals surface area contributed by atoms with Crippen molar-refractivity contribution >= 4 is 11.9 Å². The van der Waals surface area contributed by atoms with Gasteiger partial charge in [-0.15, -0.1) is 0 Å². The zero-order valence-corrected chi connectivity index (χ0v) is 13.4. The van der Waals surface area contributed by atoms with Gasteiger partial charge in [0.2, 0.25) is 0 Å². The number of carboxylic acids is 1. The molecule has 0 aliphatic heterocycles. The van der Waals surface area contributed by atoms with Gasteiger partial charge in [0.15, 0.2) is 0 Å². The SMILES string of the molecule is C=CC(=O)Oc1cc(CCCC)c(C(=O)O)c(CCCC)c1. The van der Waals surface area contributed by atoms with Crippen LogP contribution in [0.15, 0.2) is 24.8 Å². The third-order valence-corrected chi connectivity index (χ3v) is 3.47. The van der Waals surface area contributed by atoms with E-state index >= 15 is 0 Å². The number of unbranched alkanes of at least 4 members (excludes halogenated alkanes) is 2. The maximum atomic E-state index is 11.6. The summed E-state index contributed by atoms with van der Waals surface area (Å²) in [5, 5.41) is 9.54. The topological polar surface area (TPSA) is 63.6 Å². The molecule has 1 rings (SSSR count). The van der Waals surface area contributed by atoms with Crippen LogP contribution in [0.4, 0.5) is 0 Å². The number of aryl methyl sites for hydroxylation is 2. The highest BCUT2D eigenvalue weighted by atomic mass is 16.5. The fourth-order valence-corrected chi connectivity index (χ4v) is 2.36. The van der Waals surface area contributed by atoms with E-state index in [4.69, 9.17) is 4.74 Å². The van der Waals surface area contributed by atoms with Gasteiger partial charge >= 0.3 is 11.9 Å². The molecule has 1 N–H and O–H groups in total. The summed E-state index contributed by atoms with van der Waals surface area (Å²) in [6.45, 7) is 7.49. The molecule has 4 nitrogen and oxygen atoms in total. The highest BCUT2D eigenvalue weighted by Crippen LogP contribution is 2.26. The molecular weight excluding hydrogens is 280 g/mol. The van der Waals surface area contributed by atoms with E-state index in [1.165, 1.54) is 0 Å². The molecule has 0 radical (unpaired) electrons. The van der Waals surface area contributed by atoms with Gasteiger partial charge in [-0.2, -0.15) is 0 Å². The number of esters is 1. The lowest BCUT2D eigenvalue weighted by atomic mass is 9.94. The number of ether oxygens (including phenoxy) is 1. The molecule has 0 aromatic heterocycles. The first kappa shape index (κ1) is 18.0. The molecule has 0 aliphatic carbocycles. The molecule has 0 spiro atoms. The van der Waals surface area contributed by atoms with Crippen molar-refractivity contribution in [1.29, 1.82) is 0 Å². The normalized spacial score (nSPS) is 10.3. The summed E-state index contributed by atoms with van der Waals surface area (Å²) in [5.74, 6) is -1.06. The molecule has 1 aromatic carbocycles. The number of carboxylic acid groups (broad SMARTS) is 1. The Balaban J connectivity index is 3.28. The second kappa shape index (κ2) is 9.03. The van der Waals surface area contributed by atoms with E-state index in [0.717, 1.165) is 42.9 Å². The predicted octanol–water partition coefficient (Wildman–Crippen LogP) is 4.16. The lowest BCUT2D eigenvalue weighted by molar-refractivity contribution is -0.128. The molecule has 0 aliphatic rings. The predicted molar refractivity (Wildman–Crippen MR) is 86.5 cm³/mol. The summed E-state index contributed by atoms with van der Waals surface area (Å²) in [4.78, 5) is 23.0. The van der Waals surface area contributed by atoms with Crippen LogP contribution in [0.5, 0.6) is 5.75 Å². The van der Waals surface area contributed by atoms with E-state index < -0.39 is 11.9 Å². The average Bonchev–Trinajstić information content (AvgIpc) is 2.49. The number of benzene rings is 1. The first-order valence-electron chi connectivity index (χ1n) is 7.76. The highest BCUT2D eigenvalue weighted by Gasteiger charge is 2.18. The zero-order valence-electron chi connectivity index (χ0n) is 13.4. The minimum Gasteiger partial charge on any atom is -0.478 e. The van der Waals surface area contributed by atoms with Gasteiger partial charge in [-0.1, -0.05) is 33.3 Å². The van der Waals surface area contributed by atoms with Gasteiger partial charge in [0.1, 0.15) is 5.75 Å². The van der Waals surface area contributed by atoms with Crippen molar-refractivity contribution in [2.45, 2.75) is 52.4 Å². The molecule has 22 heavy (non-hydrogen) atoms.